The first kappa shape index (κ1) is 20.2. The Morgan fingerprint density at radius 3 is 2.38 bits per heavy atom. The summed E-state index contributed by atoms with van der Waals surface area (Å²) in [6.07, 6.45) is -0.470. The molecule has 0 aromatic carbocycles. The highest BCUT2D eigenvalue weighted by Gasteiger charge is 2.83. The second-order valence-electron chi connectivity index (χ2n) is 11.5. The van der Waals surface area contributed by atoms with Gasteiger partial charge in [-0.3, -0.25) is 4.79 Å². The number of fused-ring (bicyclic) bond motifs is 4. The van der Waals surface area contributed by atoms with Crippen molar-refractivity contribution in [1.82, 2.24) is 0 Å². The first-order valence-corrected chi connectivity index (χ1v) is 10.9. The van der Waals surface area contributed by atoms with Crippen molar-refractivity contribution in [3.8, 4) is 0 Å². The van der Waals surface area contributed by atoms with Gasteiger partial charge in [0.2, 0.25) is 0 Å². The maximum Gasteiger partial charge on any atom is 0.302 e. The van der Waals surface area contributed by atoms with Crippen LogP contribution in [0.15, 0.2) is 0 Å². The van der Waals surface area contributed by atoms with Gasteiger partial charge in [-0.25, -0.2) is 0 Å². The third-order valence-electron chi connectivity index (χ3n) is 9.66. The molecule has 0 radical (unpaired) electrons. The molecule has 1 saturated heterocycles. The van der Waals surface area contributed by atoms with E-state index in [-0.39, 0.29) is 30.5 Å². The summed E-state index contributed by atoms with van der Waals surface area (Å²) >= 11 is 0. The van der Waals surface area contributed by atoms with Crippen LogP contribution in [0.25, 0.3) is 0 Å². The standard InChI is InChI=1S/C22H34O7/c1-10(23)28-16-11-6-7-12-20(5,26)15-14-17(29-14)18(2,3)22(15,27)13(24)8-21(12,16)9-19(11,4)25/h11-17,24-27H,6-9H2,1-5H3/t11-,12+,13+,14+,15+,16+,17+,19-,20-,21+,22-/m1/s1. The number of rotatable bonds is 1. The molecule has 5 fully saturated rings. The number of carbonyl (C=O) groups is 1. The van der Waals surface area contributed by atoms with E-state index in [0.717, 1.165) is 0 Å². The van der Waals surface area contributed by atoms with Crippen molar-refractivity contribution in [2.24, 2.45) is 28.6 Å². The molecule has 5 rings (SSSR count). The maximum absolute atomic E-state index is 12.0. The van der Waals surface area contributed by atoms with Gasteiger partial charge in [-0.05, 0) is 45.4 Å². The van der Waals surface area contributed by atoms with Crippen molar-refractivity contribution in [2.75, 3.05) is 0 Å². The Kier molecular flexibility index (Phi) is 3.73. The van der Waals surface area contributed by atoms with E-state index in [9.17, 15) is 25.2 Å². The fraction of sp³-hybridized carbons (Fsp3) is 0.955. The van der Waals surface area contributed by atoms with E-state index < -0.39 is 51.7 Å². The van der Waals surface area contributed by atoms with Crippen LogP contribution in [0.5, 0.6) is 0 Å². The van der Waals surface area contributed by atoms with E-state index in [1.165, 1.54) is 6.92 Å². The predicted molar refractivity (Wildman–Crippen MR) is 102 cm³/mol. The summed E-state index contributed by atoms with van der Waals surface area (Å²) in [5.74, 6) is -1.66. The van der Waals surface area contributed by atoms with Crippen molar-refractivity contribution >= 4 is 5.97 Å². The summed E-state index contributed by atoms with van der Waals surface area (Å²) < 4.78 is 11.6. The first-order valence-electron chi connectivity index (χ1n) is 10.9. The van der Waals surface area contributed by atoms with Gasteiger partial charge in [0.25, 0.3) is 0 Å². The van der Waals surface area contributed by atoms with Crippen LogP contribution in [-0.2, 0) is 14.3 Å². The molecule has 4 saturated carbocycles. The molecule has 1 spiro atoms. The lowest BCUT2D eigenvalue weighted by molar-refractivity contribution is -0.223. The largest absolute Gasteiger partial charge is 0.462 e. The minimum Gasteiger partial charge on any atom is -0.462 e. The second-order valence-corrected chi connectivity index (χ2v) is 11.5. The number of aliphatic hydroxyl groups is 4. The molecular weight excluding hydrogens is 376 g/mol. The molecule has 29 heavy (non-hydrogen) atoms. The molecule has 0 unspecified atom stereocenters. The number of esters is 1. The zero-order chi connectivity index (χ0) is 21.4. The van der Waals surface area contributed by atoms with Crippen molar-refractivity contribution in [2.45, 2.75) is 102 Å². The summed E-state index contributed by atoms with van der Waals surface area (Å²) in [7, 11) is 0. The Hall–Kier alpha value is -0.730. The van der Waals surface area contributed by atoms with Crippen LogP contribution in [0, 0.1) is 28.6 Å². The SMILES string of the molecule is CC(=O)O[C@H]1[C@H]2CC[C@H]3[C@@](C)(O)[C@@H]4[C@@H]5O[C@@H]5C(C)(C)[C@@]4(O)[C@@H](O)C[C@@]13C[C@@]2(C)O. The monoisotopic (exact) mass is 410 g/mol. The smallest absolute Gasteiger partial charge is 0.302 e. The van der Waals surface area contributed by atoms with Crippen LogP contribution in [0.3, 0.4) is 0 Å². The summed E-state index contributed by atoms with van der Waals surface area (Å²) in [5, 5.41) is 46.6. The third-order valence-corrected chi connectivity index (χ3v) is 9.66. The number of aliphatic hydroxyl groups excluding tert-OH is 1. The molecule has 164 valence electrons. The molecule has 7 heteroatoms. The van der Waals surface area contributed by atoms with E-state index in [4.69, 9.17) is 9.47 Å². The minimum absolute atomic E-state index is 0.175. The molecule has 4 N–H and O–H groups in total. The lowest BCUT2D eigenvalue weighted by Crippen LogP contribution is -2.63. The van der Waals surface area contributed by atoms with Gasteiger partial charge in [0.05, 0.1) is 29.5 Å². The second kappa shape index (κ2) is 5.36. The number of ether oxygens (including phenoxy) is 2. The van der Waals surface area contributed by atoms with Gasteiger partial charge < -0.3 is 29.9 Å². The number of hydrogen-bond acceptors (Lipinski definition) is 7. The van der Waals surface area contributed by atoms with Crippen LogP contribution in [-0.4, -0.2) is 67.6 Å². The van der Waals surface area contributed by atoms with Crippen molar-refractivity contribution < 1.29 is 34.7 Å². The molecule has 0 amide bonds. The molecule has 1 aliphatic heterocycles. The summed E-state index contributed by atoms with van der Waals surface area (Å²) in [5.41, 5.74) is -5.47. The molecule has 0 aromatic heterocycles. The van der Waals surface area contributed by atoms with Gasteiger partial charge in [-0.2, -0.15) is 0 Å². The van der Waals surface area contributed by atoms with E-state index in [1.54, 1.807) is 13.8 Å². The minimum atomic E-state index is -1.53. The molecule has 5 aliphatic rings. The average molecular weight is 411 g/mol. The average Bonchev–Trinajstić information content (AvgIpc) is 3.29. The topological polar surface area (TPSA) is 120 Å². The highest BCUT2D eigenvalue weighted by atomic mass is 16.6. The number of hydrogen-bond donors (Lipinski definition) is 4. The fourth-order valence-electron chi connectivity index (χ4n) is 8.61. The van der Waals surface area contributed by atoms with Crippen LogP contribution in [0.1, 0.15) is 60.3 Å². The zero-order valence-corrected chi connectivity index (χ0v) is 17.9. The summed E-state index contributed by atoms with van der Waals surface area (Å²) in [6.45, 7) is 8.64. The van der Waals surface area contributed by atoms with Crippen molar-refractivity contribution in [1.29, 1.82) is 0 Å². The highest BCUT2D eigenvalue weighted by Crippen LogP contribution is 2.73. The van der Waals surface area contributed by atoms with E-state index in [1.807, 2.05) is 13.8 Å². The van der Waals surface area contributed by atoms with E-state index in [2.05, 4.69) is 0 Å². The van der Waals surface area contributed by atoms with Crippen molar-refractivity contribution in [3.05, 3.63) is 0 Å². The number of carbonyl (C=O) groups excluding carboxylic acids is 1. The Balaban J connectivity index is 1.69. The Morgan fingerprint density at radius 2 is 1.76 bits per heavy atom. The Labute approximate surface area is 171 Å². The maximum atomic E-state index is 12.0. The summed E-state index contributed by atoms with van der Waals surface area (Å²) in [6, 6.07) is 0. The molecule has 4 aliphatic carbocycles. The first-order chi connectivity index (χ1) is 13.2. The summed E-state index contributed by atoms with van der Waals surface area (Å²) in [4.78, 5) is 12.0. The van der Waals surface area contributed by atoms with Crippen molar-refractivity contribution in [3.63, 3.8) is 0 Å². The molecule has 0 aromatic rings. The van der Waals surface area contributed by atoms with Gasteiger partial charge in [-0.1, -0.05) is 13.8 Å². The quantitative estimate of drug-likeness (QED) is 0.372. The third kappa shape index (κ3) is 2.14. The van der Waals surface area contributed by atoms with Crippen LogP contribution in [0.4, 0.5) is 0 Å². The lowest BCUT2D eigenvalue weighted by Gasteiger charge is -2.52. The van der Waals surface area contributed by atoms with Gasteiger partial charge in [0.1, 0.15) is 11.7 Å². The normalized spacial score (nSPS) is 61.9. The van der Waals surface area contributed by atoms with Crippen LogP contribution < -0.4 is 0 Å². The van der Waals surface area contributed by atoms with E-state index in [0.29, 0.717) is 19.3 Å². The molecule has 11 atom stereocenters. The molecule has 1 heterocycles. The lowest BCUT2D eigenvalue weighted by atomic mass is 9.57. The number of epoxide rings is 1. The molecule has 7 nitrogen and oxygen atoms in total. The van der Waals surface area contributed by atoms with Crippen LogP contribution in [0.2, 0.25) is 0 Å². The van der Waals surface area contributed by atoms with Gasteiger partial charge in [0, 0.05) is 29.6 Å². The molecule has 2 bridgehead atoms. The molecular formula is C22H34O7. The van der Waals surface area contributed by atoms with Crippen LogP contribution >= 0.6 is 0 Å². The van der Waals surface area contributed by atoms with Gasteiger partial charge in [-0.15, -0.1) is 0 Å². The fourth-order valence-corrected chi connectivity index (χ4v) is 8.61. The van der Waals surface area contributed by atoms with E-state index >= 15 is 0 Å². The Morgan fingerprint density at radius 1 is 1.10 bits per heavy atom. The Bertz CT molecular complexity index is 760. The van der Waals surface area contributed by atoms with Gasteiger partial charge >= 0.3 is 5.97 Å². The van der Waals surface area contributed by atoms with Gasteiger partial charge in [0.15, 0.2) is 0 Å². The zero-order valence-electron chi connectivity index (χ0n) is 17.9. The predicted octanol–water partition coefficient (Wildman–Crippen LogP) is 0.755. The highest BCUT2D eigenvalue weighted by molar-refractivity contribution is 5.66.